The first-order chi connectivity index (χ1) is 9.22. The van der Waals surface area contributed by atoms with Crippen molar-refractivity contribution in [2.45, 2.75) is 19.4 Å². The van der Waals surface area contributed by atoms with Crippen molar-refractivity contribution in [3.8, 4) is 0 Å². The summed E-state index contributed by atoms with van der Waals surface area (Å²) in [5, 5.41) is 3.24. The molecule has 1 aromatic carbocycles. The Balaban J connectivity index is 2.27. The fraction of sp³-hybridized carbons (Fsp3) is 0.267. The summed E-state index contributed by atoms with van der Waals surface area (Å²) in [6.45, 7) is 2.69. The van der Waals surface area contributed by atoms with Gasteiger partial charge >= 0.3 is 0 Å². The summed E-state index contributed by atoms with van der Waals surface area (Å²) in [4.78, 5) is 3.95. The Morgan fingerprint density at radius 3 is 2.32 bits per heavy atom. The molecule has 1 heterocycles. The number of rotatable bonds is 5. The Hall–Kier alpha value is -1.81. The smallest absolute Gasteiger partial charge is 0.129 e. The largest absolute Gasteiger partial charge is 0.310 e. The Bertz CT molecular complexity index is 509. The molecule has 0 radical (unpaired) electrons. The summed E-state index contributed by atoms with van der Waals surface area (Å²) in [6, 6.07) is 7.53. The minimum atomic E-state index is -0.503. The first kappa shape index (κ1) is 13.6. The van der Waals surface area contributed by atoms with Crippen molar-refractivity contribution < 1.29 is 8.78 Å². The first-order valence-electron chi connectivity index (χ1n) is 6.28. The second kappa shape index (κ2) is 6.38. The molecule has 1 N–H and O–H groups in total. The number of likely N-dealkylation sites (N-methyl/N-ethyl adjacent to an activating group) is 1. The van der Waals surface area contributed by atoms with Crippen LogP contribution in [0.25, 0.3) is 0 Å². The van der Waals surface area contributed by atoms with Gasteiger partial charge in [0.05, 0.1) is 0 Å². The molecule has 0 bridgehead atoms. The Morgan fingerprint density at radius 2 is 1.74 bits per heavy atom. The third-order valence-electron chi connectivity index (χ3n) is 3.03. The van der Waals surface area contributed by atoms with Gasteiger partial charge in [-0.25, -0.2) is 8.78 Å². The monoisotopic (exact) mass is 262 g/mol. The van der Waals surface area contributed by atoms with Crippen molar-refractivity contribution in [1.29, 1.82) is 0 Å². The molecule has 0 aliphatic heterocycles. The van der Waals surface area contributed by atoms with Crippen LogP contribution in [0.3, 0.4) is 0 Å². The summed E-state index contributed by atoms with van der Waals surface area (Å²) < 4.78 is 27.4. The van der Waals surface area contributed by atoms with Crippen LogP contribution in [0.2, 0.25) is 0 Å². The number of pyridine rings is 1. The second-order valence-corrected chi connectivity index (χ2v) is 4.30. The standard InChI is InChI=1S/C15H16F2N2/c1-2-19-15(11-6-8-18-9-7-11)10-12-13(16)4-3-5-14(12)17/h3-9,15,19H,2,10H2,1H3. The van der Waals surface area contributed by atoms with E-state index in [1.54, 1.807) is 12.4 Å². The van der Waals surface area contributed by atoms with Crippen LogP contribution >= 0.6 is 0 Å². The van der Waals surface area contributed by atoms with Gasteiger partial charge in [-0.2, -0.15) is 0 Å². The van der Waals surface area contributed by atoms with E-state index >= 15 is 0 Å². The van der Waals surface area contributed by atoms with Crippen LogP contribution in [0.5, 0.6) is 0 Å². The molecule has 0 aliphatic carbocycles. The van der Waals surface area contributed by atoms with Crippen molar-refractivity contribution in [3.05, 3.63) is 65.5 Å². The van der Waals surface area contributed by atoms with E-state index in [0.29, 0.717) is 0 Å². The van der Waals surface area contributed by atoms with Crippen molar-refractivity contribution >= 4 is 0 Å². The highest BCUT2D eigenvalue weighted by molar-refractivity contribution is 5.24. The van der Waals surface area contributed by atoms with Gasteiger partial charge in [0, 0.05) is 24.0 Å². The van der Waals surface area contributed by atoms with Gasteiger partial charge in [-0.15, -0.1) is 0 Å². The molecule has 0 fully saturated rings. The second-order valence-electron chi connectivity index (χ2n) is 4.30. The molecule has 1 unspecified atom stereocenters. The summed E-state index contributed by atoms with van der Waals surface area (Å²) in [5.41, 5.74) is 1.09. The molecular weight excluding hydrogens is 246 g/mol. The molecule has 2 aromatic rings. The fourth-order valence-corrected chi connectivity index (χ4v) is 2.08. The average Bonchev–Trinajstić information content (AvgIpc) is 2.43. The highest BCUT2D eigenvalue weighted by Gasteiger charge is 2.16. The molecule has 1 aromatic heterocycles. The lowest BCUT2D eigenvalue weighted by Gasteiger charge is -2.19. The highest BCUT2D eigenvalue weighted by atomic mass is 19.1. The van der Waals surface area contributed by atoms with Crippen LogP contribution in [-0.4, -0.2) is 11.5 Å². The molecule has 4 heteroatoms. The van der Waals surface area contributed by atoms with E-state index in [1.807, 2.05) is 19.1 Å². The van der Waals surface area contributed by atoms with Crippen LogP contribution in [0.4, 0.5) is 8.78 Å². The van der Waals surface area contributed by atoms with E-state index in [9.17, 15) is 8.78 Å². The summed E-state index contributed by atoms with van der Waals surface area (Å²) >= 11 is 0. The normalized spacial score (nSPS) is 12.4. The average molecular weight is 262 g/mol. The predicted molar refractivity (Wildman–Crippen MR) is 70.7 cm³/mol. The SMILES string of the molecule is CCNC(Cc1c(F)cccc1F)c1ccncc1. The van der Waals surface area contributed by atoms with E-state index in [-0.39, 0.29) is 18.0 Å². The van der Waals surface area contributed by atoms with Crippen molar-refractivity contribution in [3.63, 3.8) is 0 Å². The molecule has 2 nitrogen and oxygen atoms in total. The van der Waals surface area contributed by atoms with E-state index in [4.69, 9.17) is 0 Å². The lowest BCUT2D eigenvalue weighted by Crippen LogP contribution is -2.23. The zero-order chi connectivity index (χ0) is 13.7. The van der Waals surface area contributed by atoms with Crippen LogP contribution in [0.1, 0.15) is 24.1 Å². The van der Waals surface area contributed by atoms with Crippen molar-refractivity contribution in [2.75, 3.05) is 6.54 Å². The van der Waals surface area contributed by atoms with Gasteiger partial charge in [-0.05, 0) is 42.8 Å². The van der Waals surface area contributed by atoms with E-state index in [1.165, 1.54) is 18.2 Å². The molecule has 0 saturated carbocycles. The third kappa shape index (κ3) is 3.35. The Morgan fingerprint density at radius 1 is 1.11 bits per heavy atom. The van der Waals surface area contributed by atoms with Gasteiger partial charge in [-0.1, -0.05) is 13.0 Å². The van der Waals surface area contributed by atoms with Gasteiger partial charge < -0.3 is 5.32 Å². The Labute approximate surface area is 111 Å². The van der Waals surface area contributed by atoms with E-state index in [0.717, 1.165) is 12.1 Å². The molecule has 0 amide bonds. The molecule has 1 atom stereocenters. The third-order valence-corrected chi connectivity index (χ3v) is 3.03. The zero-order valence-corrected chi connectivity index (χ0v) is 10.7. The van der Waals surface area contributed by atoms with Crippen LogP contribution in [0, 0.1) is 11.6 Å². The molecule has 0 aliphatic rings. The molecule has 100 valence electrons. The van der Waals surface area contributed by atoms with E-state index in [2.05, 4.69) is 10.3 Å². The maximum absolute atomic E-state index is 13.7. The lowest BCUT2D eigenvalue weighted by atomic mass is 9.99. The number of benzene rings is 1. The topological polar surface area (TPSA) is 24.9 Å². The van der Waals surface area contributed by atoms with Crippen molar-refractivity contribution in [1.82, 2.24) is 10.3 Å². The number of hydrogen-bond acceptors (Lipinski definition) is 2. The fourth-order valence-electron chi connectivity index (χ4n) is 2.08. The number of nitrogens with one attached hydrogen (secondary N) is 1. The number of halogens is 2. The number of hydrogen-bond donors (Lipinski definition) is 1. The minimum absolute atomic E-state index is 0.116. The van der Waals surface area contributed by atoms with Gasteiger partial charge in [0.25, 0.3) is 0 Å². The first-order valence-corrected chi connectivity index (χ1v) is 6.28. The van der Waals surface area contributed by atoms with Crippen LogP contribution in [0.15, 0.2) is 42.7 Å². The summed E-state index contributed by atoms with van der Waals surface area (Å²) in [6.07, 6.45) is 3.63. The van der Waals surface area contributed by atoms with Crippen LogP contribution < -0.4 is 5.32 Å². The predicted octanol–water partition coefficient (Wildman–Crippen LogP) is 3.25. The summed E-state index contributed by atoms with van der Waals surface area (Å²) in [5.74, 6) is -1.01. The number of nitrogens with zero attached hydrogens (tertiary/aromatic N) is 1. The molecule has 19 heavy (non-hydrogen) atoms. The molecular formula is C15H16F2N2. The van der Waals surface area contributed by atoms with Gasteiger partial charge in [0.15, 0.2) is 0 Å². The number of aromatic nitrogens is 1. The Kier molecular flexibility index (Phi) is 4.58. The van der Waals surface area contributed by atoms with Gasteiger partial charge in [0.2, 0.25) is 0 Å². The maximum atomic E-state index is 13.7. The zero-order valence-electron chi connectivity index (χ0n) is 10.7. The highest BCUT2D eigenvalue weighted by Crippen LogP contribution is 2.21. The van der Waals surface area contributed by atoms with Crippen LogP contribution in [-0.2, 0) is 6.42 Å². The van der Waals surface area contributed by atoms with Gasteiger partial charge in [0.1, 0.15) is 11.6 Å². The minimum Gasteiger partial charge on any atom is -0.310 e. The molecule has 2 rings (SSSR count). The quantitative estimate of drug-likeness (QED) is 0.894. The molecule has 0 spiro atoms. The summed E-state index contributed by atoms with van der Waals surface area (Å²) in [7, 11) is 0. The lowest BCUT2D eigenvalue weighted by molar-refractivity contribution is 0.499. The van der Waals surface area contributed by atoms with Crippen molar-refractivity contribution in [2.24, 2.45) is 0 Å². The molecule has 0 saturated heterocycles. The maximum Gasteiger partial charge on any atom is 0.129 e. The van der Waals surface area contributed by atoms with Gasteiger partial charge in [-0.3, -0.25) is 4.98 Å². The van der Waals surface area contributed by atoms with E-state index < -0.39 is 11.6 Å².